The monoisotopic (exact) mass is 460 g/mol. The molecule has 2 amide bonds. The molecule has 0 saturated heterocycles. The maximum atomic E-state index is 12.3. The highest BCUT2D eigenvalue weighted by molar-refractivity contribution is 6.30. The number of nitrogens with one attached hydrogen (secondary N) is 3. The van der Waals surface area contributed by atoms with Crippen LogP contribution in [-0.4, -0.2) is 28.0 Å². The van der Waals surface area contributed by atoms with E-state index in [4.69, 9.17) is 16.3 Å². The summed E-state index contributed by atoms with van der Waals surface area (Å²) >= 11 is 5.96. The van der Waals surface area contributed by atoms with Crippen LogP contribution in [0.4, 0.5) is 22.1 Å². The summed E-state index contributed by atoms with van der Waals surface area (Å²) in [7, 11) is 1.76. The van der Waals surface area contributed by atoms with Crippen molar-refractivity contribution in [1.29, 1.82) is 0 Å². The number of nitrogens with zero attached hydrogens (tertiary/aromatic N) is 3. The van der Waals surface area contributed by atoms with Crippen molar-refractivity contribution in [3.05, 3.63) is 83.6 Å². The second-order valence-electron chi connectivity index (χ2n) is 7.04. The van der Waals surface area contributed by atoms with Gasteiger partial charge in [0.05, 0.1) is 11.3 Å². The van der Waals surface area contributed by atoms with Crippen molar-refractivity contribution >= 4 is 35.0 Å². The lowest BCUT2D eigenvalue weighted by Crippen LogP contribution is -2.19. The summed E-state index contributed by atoms with van der Waals surface area (Å²) in [4.78, 5) is 25.3. The van der Waals surface area contributed by atoms with E-state index in [0.29, 0.717) is 39.7 Å². The number of ether oxygens (including phenoxy) is 1. The minimum atomic E-state index is -0.374. The fourth-order valence-electron chi connectivity index (χ4n) is 3.10. The average Bonchev–Trinajstić information content (AvgIpc) is 2.81. The summed E-state index contributed by atoms with van der Waals surface area (Å²) in [6.07, 6.45) is 3.33. The maximum Gasteiger partial charge on any atom is 0.323 e. The Kier molecular flexibility index (Phi) is 6.66. The zero-order chi connectivity index (χ0) is 23.2. The quantitative estimate of drug-likeness (QED) is 0.327. The molecule has 8 nitrogen and oxygen atoms in total. The van der Waals surface area contributed by atoms with E-state index in [9.17, 15) is 4.79 Å². The summed E-state index contributed by atoms with van der Waals surface area (Å²) in [5, 5.41) is 9.02. The number of anilines is 3. The Hall–Kier alpha value is -4.17. The number of amides is 2. The second-order valence-corrected chi connectivity index (χ2v) is 7.48. The predicted molar refractivity (Wildman–Crippen MR) is 130 cm³/mol. The van der Waals surface area contributed by atoms with E-state index in [1.807, 2.05) is 25.1 Å². The largest absolute Gasteiger partial charge is 0.438 e. The number of benzene rings is 2. The topological polar surface area (TPSA) is 101 Å². The number of hydrogen-bond acceptors (Lipinski definition) is 6. The van der Waals surface area contributed by atoms with Crippen LogP contribution in [0, 0.1) is 6.92 Å². The highest BCUT2D eigenvalue weighted by Crippen LogP contribution is 2.32. The molecule has 0 radical (unpaired) electrons. The summed E-state index contributed by atoms with van der Waals surface area (Å²) in [6.45, 7) is 1.89. The number of pyridine rings is 1. The van der Waals surface area contributed by atoms with E-state index in [1.165, 1.54) is 0 Å². The number of rotatable bonds is 6. The molecular weight excluding hydrogens is 440 g/mol. The number of carbonyl (C=O) groups excluding carboxylic acids is 1. The molecular formula is C24H21ClN6O2. The summed E-state index contributed by atoms with van der Waals surface area (Å²) in [6, 6.07) is 17.4. The van der Waals surface area contributed by atoms with Gasteiger partial charge in [-0.2, -0.15) is 0 Å². The van der Waals surface area contributed by atoms with Gasteiger partial charge in [0.2, 0.25) is 11.8 Å². The Bertz CT molecular complexity index is 1300. The first kappa shape index (κ1) is 22.0. The van der Waals surface area contributed by atoms with Crippen LogP contribution in [0.15, 0.2) is 73.1 Å². The Morgan fingerprint density at radius 3 is 2.52 bits per heavy atom. The molecule has 33 heavy (non-hydrogen) atoms. The van der Waals surface area contributed by atoms with Crippen molar-refractivity contribution in [3.8, 4) is 22.9 Å². The molecule has 0 aliphatic carbocycles. The molecule has 0 aliphatic rings. The van der Waals surface area contributed by atoms with E-state index < -0.39 is 0 Å². The van der Waals surface area contributed by atoms with Crippen LogP contribution in [0.25, 0.3) is 11.3 Å². The van der Waals surface area contributed by atoms with Gasteiger partial charge in [-0.3, -0.25) is 0 Å². The molecule has 2 heterocycles. The van der Waals surface area contributed by atoms with Gasteiger partial charge in [-0.1, -0.05) is 17.7 Å². The lowest BCUT2D eigenvalue weighted by molar-refractivity contribution is 0.262. The third-order valence-corrected chi connectivity index (χ3v) is 4.88. The molecule has 2 aromatic carbocycles. The summed E-state index contributed by atoms with van der Waals surface area (Å²) < 4.78 is 6.10. The van der Waals surface area contributed by atoms with Crippen molar-refractivity contribution in [2.24, 2.45) is 0 Å². The number of urea groups is 1. The van der Waals surface area contributed by atoms with Gasteiger partial charge in [0, 0.05) is 35.8 Å². The van der Waals surface area contributed by atoms with Crippen LogP contribution >= 0.6 is 11.6 Å². The molecule has 0 aliphatic heterocycles. The lowest BCUT2D eigenvalue weighted by Gasteiger charge is -2.13. The van der Waals surface area contributed by atoms with Gasteiger partial charge in [-0.15, -0.1) is 0 Å². The first-order chi connectivity index (χ1) is 16.0. The van der Waals surface area contributed by atoms with Crippen molar-refractivity contribution < 1.29 is 9.53 Å². The third-order valence-electron chi connectivity index (χ3n) is 4.65. The first-order valence-electron chi connectivity index (χ1n) is 10.1. The van der Waals surface area contributed by atoms with E-state index >= 15 is 0 Å². The van der Waals surface area contributed by atoms with Crippen LogP contribution in [0.3, 0.4) is 0 Å². The van der Waals surface area contributed by atoms with Gasteiger partial charge in [0.15, 0.2) is 0 Å². The molecule has 166 valence electrons. The standard InChI is InChI=1S/C24H21ClN6O2/c1-15-13-18(30-24(32)29-17-6-3-5-16(25)14-17)8-9-21(15)33-22-19(7-4-11-27-22)20-10-12-28-23(26-2)31-20/h3-14H,1-2H3,(H,26,28,31)(H2,29,30,32). The Morgan fingerprint density at radius 1 is 0.939 bits per heavy atom. The van der Waals surface area contributed by atoms with E-state index in [2.05, 4.69) is 30.9 Å². The third kappa shape index (κ3) is 5.55. The average molecular weight is 461 g/mol. The van der Waals surface area contributed by atoms with Crippen molar-refractivity contribution in [1.82, 2.24) is 15.0 Å². The molecule has 0 unspecified atom stereocenters. The van der Waals surface area contributed by atoms with Gasteiger partial charge in [-0.25, -0.2) is 19.7 Å². The number of aromatic nitrogens is 3. The van der Waals surface area contributed by atoms with Crippen LogP contribution in [0.2, 0.25) is 5.02 Å². The van der Waals surface area contributed by atoms with Crippen LogP contribution < -0.4 is 20.7 Å². The maximum absolute atomic E-state index is 12.3. The molecule has 0 atom stereocenters. The van der Waals surface area contributed by atoms with Crippen molar-refractivity contribution in [3.63, 3.8) is 0 Å². The molecule has 9 heteroatoms. The molecule has 4 rings (SSSR count). The highest BCUT2D eigenvalue weighted by Gasteiger charge is 2.13. The Balaban J connectivity index is 1.50. The zero-order valence-electron chi connectivity index (χ0n) is 18.0. The van der Waals surface area contributed by atoms with Crippen LogP contribution in [0.1, 0.15) is 5.56 Å². The van der Waals surface area contributed by atoms with Crippen molar-refractivity contribution in [2.45, 2.75) is 6.92 Å². The van der Waals surface area contributed by atoms with Crippen molar-refractivity contribution in [2.75, 3.05) is 23.0 Å². The Labute approximate surface area is 196 Å². The number of hydrogen-bond donors (Lipinski definition) is 3. The van der Waals surface area contributed by atoms with Gasteiger partial charge in [0.25, 0.3) is 0 Å². The summed E-state index contributed by atoms with van der Waals surface area (Å²) in [5.41, 5.74) is 3.47. The van der Waals surface area contributed by atoms with Gasteiger partial charge in [0.1, 0.15) is 5.75 Å². The second kappa shape index (κ2) is 9.97. The van der Waals surface area contributed by atoms with Gasteiger partial charge < -0.3 is 20.7 Å². The first-order valence-corrected chi connectivity index (χ1v) is 10.5. The fraction of sp³-hybridized carbons (Fsp3) is 0.0833. The highest BCUT2D eigenvalue weighted by atomic mass is 35.5. The van der Waals surface area contributed by atoms with Gasteiger partial charge >= 0.3 is 6.03 Å². The predicted octanol–water partition coefficient (Wildman–Crippen LogP) is 5.98. The molecule has 0 saturated carbocycles. The molecule has 0 fully saturated rings. The van der Waals surface area contributed by atoms with E-state index in [-0.39, 0.29) is 6.03 Å². The molecule has 0 spiro atoms. The molecule has 4 aromatic rings. The zero-order valence-corrected chi connectivity index (χ0v) is 18.7. The normalized spacial score (nSPS) is 10.4. The van der Waals surface area contributed by atoms with E-state index in [0.717, 1.165) is 11.1 Å². The lowest BCUT2D eigenvalue weighted by atomic mass is 10.2. The van der Waals surface area contributed by atoms with Crippen LogP contribution in [0.5, 0.6) is 11.6 Å². The van der Waals surface area contributed by atoms with Gasteiger partial charge in [-0.05, 0) is 67.1 Å². The fourth-order valence-corrected chi connectivity index (χ4v) is 3.29. The molecule has 3 N–H and O–H groups in total. The Morgan fingerprint density at radius 2 is 1.76 bits per heavy atom. The SMILES string of the molecule is CNc1nccc(-c2cccnc2Oc2ccc(NC(=O)Nc3cccc(Cl)c3)cc2C)n1. The minimum Gasteiger partial charge on any atom is -0.438 e. The molecule has 2 aromatic heterocycles. The minimum absolute atomic E-state index is 0.374. The number of halogens is 1. The van der Waals surface area contributed by atoms with Crippen LogP contribution in [-0.2, 0) is 0 Å². The molecule has 0 bridgehead atoms. The smallest absolute Gasteiger partial charge is 0.323 e. The number of carbonyl (C=O) groups is 1. The number of aryl methyl sites for hydroxylation is 1. The van der Waals surface area contributed by atoms with E-state index in [1.54, 1.807) is 61.9 Å². The summed E-state index contributed by atoms with van der Waals surface area (Å²) in [5.74, 6) is 1.53.